The number of carbonyl (C=O) groups is 1. The third-order valence-corrected chi connectivity index (χ3v) is 5.05. The Morgan fingerprint density at radius 2 is 1.81 bits per heavy atom. The zero-order valence-electron chi connectivity index (χ0n) is 14.1. The molecule has 2 heterocycles. The molecule has 2 aromatic carbocycles. The van der Waals surface area contributed by atoms with Gasteiger partial charge in [0.25, 0.3) is 5.91 Å². The summed E-state index contributed by atoms with van der Waals surface area (Å²) in [6.45, 7) is 0. The second-order valence-electron chi connectivity index (χ2n) is 5.74. The molecule has 0 fully saturated rings. The van der Waals surface area contributed by atoms with Crippen LogP contribution in [0.25, 0.3) is 21.3 Å². The molecule has 0 saturated carbocycles. The first kappa shape index (κ1) is 16.3. The summed E-state index contributed by atoms with van der Waals surface area (Å²) < 4.78 is 5.24. The van der Waals surface area contributed by atoms with E-state index in [1.807, 2.05) is 53.9 Å². The third kappa shape index (κ3) is 3.05. The zero-order chi connectivity index (χ0) is 17.9. The number of hydrogen-bond acceptors (Lipinski definition) is 4. The van der Waals surface area contributed by atoms with Gasteiger partial charge < -0.3 is 10.1 Å². The molecule has 5 heteroatoms. The van der Waals surface area contributed by atoms with E-state index >= 15 is 0 Å². The van der Waals surface area contributed by atoms with Crippen LogP contribution in [-0.2, 0) is 0 Å². The van der Waals surface area contributed by atoms with Gasteiger partial charge in [0.2, 0.25) is 0 Å². The minimum absolute atomic E-state index is 0.130. The summed E-state index contributed by atoms with van der Waals surface area (Å²) in [6.07, 6.45) is 1.79. The molecule has 0 aliphatic carbocycles. The Kier molecular flexibility index (Phi) is 4.37. The van der Waals surface area contributed by atoms with Gasteiger partial charge in [-0.05, 0) is 41.5 Å². The molecular formula is C21H16N2O2S. The number of anilines is 1. The van der Waals surface area contributed by atoms with Crippen molar-refractivity contribution in [2.24, 2.45) is 0 Å². The number of hydrogen-bond donors (Lipinski definition) is 1. The monoisotopic (exact) mass is 360 g/mol. The van der Waals surface area contributed by atoms with Crippen molar-refractivity contribution >= 4 is 33.1 Å². The zero-order valence-corrected chi connectivity index (χ0v) is 14.9. The lowest BCUT2D eigenvalue weighted by molar-refractivity contribution is 0.102. The molecular weight excluding hydrogens is 344 g/mol. The minimum atomic E-state index is -0.130. The normalized spacial score (nSPS) is 10.7. The number of methoxy groups -OCH3 is 1. The molecule has 26 heavy (non-hydrogen) atoms. The van der Waals surface area contributed by atoms with Gasteiger partial charge in [0.15, 0.2) is 0 Å². The Morgan fingerprint density at radius 1 is 1.04 bits per heavy atom. The van der Waals surface area contributed by atoms with Crippen LogP contribution in [-0.4, -0.2) is 18.0 Å². The Balaban J connectivity index is 1.75. The Morgan fingerprint density at radius 3 is 2.54 bits per heavy atom. The molecule has 128 valence electrons. The first-order valence-electron chi connectivity index (χ1n) is 8.13. The fourth-order valence-corrected chi connectivity index (χ4v) is 3.72. The van der Waals surface area contributed by atoms with E-state index in [9.17, 15) is 4.79 Å². The molecule has 2 aromatic heterocycles. The lowest BCUT2D eigenvalue weighted by Crippen LogP contribution is -2.11. The highest BCUT2D eigenvalue weighted by molar-refractivity contribution is 7.17. The van der Waals surface area contributed by atoms with Gasteiger partial charge in [0, 0.05) is 22.5 Å². The van der Waals surface area contributed by atoms with Crippen molar-refractivity contribution in [2.75, 3.05) is 12.4 Å². The number of thiophene rings is 1. The topological polar surface area (TPSA) is 51.2 Å². The van der Waals surface area contributed by atoms with E-state index in [1.165, 1.54) is 11.3 Å². The molecule has 4 aromatic rings. The van der Waals surface area contributed by atoms with Crippen molar-refractivity contribution < 1.29 is 9.53 Å². The molecule has 4 rings (SSSR count). The van der Waals surface area contributed by atoms with Gasteiger partial charge in [-0.15, -0.1) is 11.3 Å². The van der Waals surface area contributed by atoms with Gasteiger partial charge in [-0.3, -0.25) is 4.79 Å². The summed E-state index contributed by atoms with van der Waals surface area (Å²) in [4.78, 5) is 17.9. The average Bonchev–Trinajstić information content (AvgIpc) is 3.12. The summed E-state index contributed by atoms with van der Waals surface area (Å²) in [5.41, 5.74) is 3.48. The summed E-state index contributed by atoms with van der Waals surface area (Å²) in [5.74, 6) is 0.678. The molecule has 0 spiro atoms. The molecule has 0 aliphatic rings. The highest BCUT2D eigenvalue weighted by atomic mass is 32.1. The van der Waals surface area contributed by atoms with E-state index in [-0.39, 0.29) is 5.91 Å². The minimum Gasteiger partial charge on any atom is -0.497 e. The van der Waals surface area contributed by atoms with Crippen molar-refractivity contribution in [2.45, 2.75) is 0 Å². The summed E-state index contributed by atoms with van der Waals surface area (Å²) in [7, 11) is 1.65. The van der Waals surface area contributed by atoms with E-state index in [2.05, 4.69) is 10.3 Å². The van der Waals surface area contributed by atoms with Crippen LogP contribution in [0.3, 0.4) is 0 Å². The van der Waals surface area contributed by atoms with Crippen molar-refractivity contribution in [3.8, 4) is 16.9 Å². The van der Waals surface area contributed by atoms with Crippen LogP contribution in [0.4, 0.5) is 5.69 Å². The smallest absolute Gasteiger partial charge is 0.255 e. The summed E-state index contributed by atoms with van der Waals surface area (Å²) in [6, 6.07) is 19.0. The largest absolute Gasteiger partial charge is 0.497 e. The molecule has 0 radical (unpaired) electrons. The van der Waals surface area contributed by atoms with Gasteiger partial charge in [0.1, 0.15) is 10.6 Å². The van der Waals surface area contributed by atoms with Crippen LogP contribution in [0.1, 0.15) is 10.4 Å². The van der Waals surface area contributed by atoms with Gasteiger partial charge in [-0.1, -0.05) is 30.3 Å². The van der Waals surface area contributed by atoms with E-state index in [0.29, 0.717) is 5.56 Å². The van der Waals surface area contributed by atoms with Crippen LogP contribution < -0.4 is 10.1 Å². The lowest BCUT2D eigenvalue weighted by atomic mass is 10.0. The van der Waals surface area contributed by atoms with E-state index < -0.39 is 0 Å². The average molecular weight is 360 g/mol. The maximum absolute atomic E-state index is 12.5. The molecule has 0 atom stereocenters. The number of aromatic nitrogens is 1. The van der Waals surface area contributed by atoms with Crippen LogP contribution in [0.2, 0.25) is 0 Å². The fourth-order valence-electron chi connectivity index (χ4n) is 2.85. The number of carbonyl (C=O) groups excluding carboxylic acids is 1. The second-order valence-corrected chi connectivity index (χ2v) is 6.59. The molecule has 4 nitrogen and oxygen atoms in total. The van der Waals surface area contributed by atoms with Crippen molar-refractivity contribution in [1.29, 1.82) is 0 Å². The predicted octanol–water partition coefficient (Wildman–Crippen LogP) is 5.22. The van der Waals surface area contributed by atoms with E-state index in [1.54, 1.807) is 25.4 Å². The summed E-state index contributed by atoms with van der Waals surface area (Å²) in [5, 5.41) is 5.91. The van der Waals surface area contributed by atoms with Gasteiger partial charge in [-0.2, -0.15) is 0 Å². The second kappa shape index (κ2) is 6.98. The summed E-state index contributed by atoms with van der Waals surface area (Å²) >= 11 is 1.52. The van der Waals surface area contributed by atoms with Crippen molar-refractivity contribution in [3.63, 3.8) is 0 Å². The van der Waals surface area contributed by atoms with Crippen molar-refractivity contribution in [3.05, 3.63) is 77.8 Å². The number of benzene rings is 2. The molecule has 1 amide bonds. The molecule has 0 unspecified atom stereocenters. The van der Waals surface area contributed by atoms with Gasteiger partial charge >= 0.3 is 0 Å². The fraction of sp³-hybridized carbons (Fsp3) is 0.0476. The Hall–Kier alpha value is -3.18. The van der Waals surface area contributed by atoms with Crippen LogP contribution in [0.5, 0.6) is 5.75 Å². The maximum Gasteiger partial charge on any atom is 0.255 e. The SMILES string of the molecule is COc1ccc(-c2ccnc3scc(NC(=O)c4ccccc4)c23)cc1. The van der Waals surface area contributed by atoms with Crippen LogP contribution >= 0.6 is 11.3 Å². The van der Waals surface area contributed by atoms with Gasteiger partial charge in [0.05, 0.1) is 12.8 Å². The van der Waals surface area contributed by atoms with Crippen LogP contribution in [0.15, 0.2) is 72.2 Å². The number of fused-ring (bicyclic) bond motifs is 1. The maximum atomic E-state index is 12.5. The number of nitrogens with zero attached hydrogens (tertiary/aromatic N) is 1. The highest BCUT2D eigenvalue weighted by Crippen LogP contribution is 2.37. The lowest BCUT2D eigenvalue weighted by Gasteiger charge is -2.09. The quantitative estimate of drug-likeness (QED) is 0.542. The number of pyridine rings is 1. The molecule has 0 saturated heterocycles. The first-order valence-corrected chi connectivity index (χ1v) is 9.01. The van der Waals surface area contributed by atoms with Gasteiger partial charge in [-0.25, -0.2) is 4.98 Å². The van der Waals surface area contributed by atoms with Crippen LogP contribution in [0, 0.1) is 0 Å². The number of nitrogens with one attached hydrogen (secondary N) is 1. The number of ether oxygens (including phenoxy) is 1. The predicted molar refractivity (Wildman–Crippen MR) is 106 cm³/mol. The molecule has 0 bridgehead atoms. The standard InChI is InChI=1S/C21H16N2O2S/c1-25-16-9-7-14(8-10-16)17-11-12-22-21-19(17)18(13-26-21)23-20(24)15-5-3-2-4-6-15/h2-13H,1H3,(H,23,24). The molecule has 1 N–H and O–H groups in total. The first-order chi connectivity index (χ1) is 12.8. The molecule has 0 aliphatic heterocycles. The Labute approximate surface area is 155 Å². The third-order valence-electron chi connectivity index (χ3n) is 4.16. The van der Waals surface area contributed by atoms with E-state index in [4.69, 9.17) is 4.74 Å². The number of amides is 1. The Bertz CT molecular complexity index is 1060. The highest BCUT2D eigenvalue weighted by Gasteiger charge is 2.14. The van der Waals surface area contributed by atoms with E-state index in [0.717, 1.165) is 32.8 Å². The van der Waals surface area contributed by atoms with Crippen molar-refractivity contribution in [1.82, 2.24) is 4.98 Å². The number of rotatable bonds is 4.